The lowest BCUT2D eigenvalue weighted by Gasteiger charge is -2.30. The van der Waals surface area contributed by atoms with Crippen LogP contribution in [0.25, 0.3) is 0 Å². The van der Waals surface area contributed by atoms with Gasteiger partial charge in [0.25, 0.3) is 11.5 Å². The topological polar surface area (TPSA) is 66.1 Å². The van der Waals surface area contributed by atoms with Crippen molar-refractivity contribution in [2.24, 2.45) is 0 Å². The van der Waals surface area contributed by atoms with Gasteiger partial charge in [-0.05, 0) is 19.3 Å². The van der Waals surface area contributed by atoms with Crippen molar-refractivity contribution >= 4 is 5.91 Å². The normalized spacial score (nSPS) is 19.4. The summed E-state index contributed by atoms with van der Waals surface area (Å²) in [6.07, 6.45) is 3.17. The number of H-pyrrole nitrogens is 1. The van der Waals surface area contributed by atoms with E-state index >= 15 is 0 Å². The zero-order chi connectivity index (χ0) is 11.1. The smallest absolute Gasteiger partial charge is 0.272 e. The average molecular weight is 219 g/mol. The molecule has 0 atom stereocenters. The molecular formula is C11H13N3O2. The summed E-state index contributed by atoms with van der Waals surface area (Å²) in [6, 6.07) is 1.30. The van der Waals surface area contributed by atoms with Gasteiger partial charge < -0.3 is 9.88 Å². The molecule has 84 valence electrons. The van der Waals surface area contributed by atoms with Crippen LogP contribution in [-0.2, 0) is 0 Å². The fourth-order valence-electron chi connectivity index (χ4n) is 1.82. The Hall–Kier alpha value is -1.65. The summed E-state index contributed by atoms with van der Waals surface area (Å²) in [5, 5.41) is 0. The molecular weight excluding hydrogens is 206 g/mol. The molecule has 0 radical (unpaired) electrons. The first kappa shape index (κ1) is 9.57. The number of carbonyl (C=O) groups is 1. The molecule has 1 aliphatic carbocycles. The van der Waals surface area contributed by atoms with E-state index in [0.29, 0.717) is 17.4 Å². The van der Waals surface area contributed by atoms with Gasteiger partial charge in [-0.15, -0.1) is 0 Å². The highest BCUT2D eigenvalue weighted by molar-refractivity contribution is 5.92. The van der Waals surface area contributed by atoms with Crippen LogP contribution in [0.5, 0.6) is 0 Å². The van der Waals surface area contributed by atoms with Crippen LogP contribution in [0.2, 0.25) is 0 Å². The first-order valence-corrected chi connectivity index (χ1v) is 5.64. The Kier molecular flexibility index (Phi) is 2.05. The van der Waals surface area contributed by atoms with Crippen LogP contribution in [0.3, 0.4) is 0 Å². The van der Waals surface area contributed by atoms with Crippen LogP contribution in [0.1, 0.15) is 41.5 Å². The minimum atomic E-state index is -0.222. The molecule has 2 heterocycles. The lowest BCUT2D eigenvalue weighted by Crippen LogP contribution is -2.42. The number of hydrogen-bond acceptors (Lipinski definition) is 3. The van der Waals surface area contributed by atoms with E-state index in [4.69, 9.17) is 0 Å². The van der Waals surface area contributed by atoms with E-state index in [1.165, 1.54) is 6.07 Å². The van der Waals surface area contributed by atoms with Crippen molar-refractivity contribution in [3.8, 4) is 0 Å². The number of rotatable bonds is 2. The zero-order valence-corrected chi connectivity index (χ0v) is 8.90. The Labute approximate surface area is 92.5 Å². The monoisotopic (exact) mass is 219 g/mol. The van der Waals surface area contributed by atoms with E-state index in [2.05, 4.69) is 9.97 Å². The van der Waals surface area contributed by atoms with Crippen molar-refractivity contribution in [2.75, 3.05) is 13.1 Å². The predicted octanol–water partition coefficient (Wildman–Crippen LogP) is 0.493. The van der Waals surface area contributed by atoms with Crippen LogP contribution in [-0.4, -0.2) is 33.9 Å². The maximum absolute atomic E-state index is 11.9. The van der Waals surface area contributed by atoms with Gasteiger partial charge >= 0.3 is 0 Å². The molecule has 5 heteroatoms. The number of amides is 1. The van der Waals surface area contributed by atoms with Crippen LogP contribution in [0, 0.1) is 0 Å². The highest BCUT2D eigenvalue weighted by Gasteiger charge is 2.28. The number of aromatic nitrogens is 2. The van der Waals surface area contributed by atoms with Gasteiger partial charge in [-0.3, -0.25) is 9.59 Å². The standard InChI is InChI=1S/C11H13N3O2/c15-9-6-8(11(16)14-4-1-5-14)12-10(13-9)7-2-3-7/h6-7H,1-5H2,(H,12,13,15). The van der Waals surface area contributed by atoms with E-state index in [-0.39, 0.29) is 11.5 Å². The third-order valence-corrected chi connectivity index (χ3v) is 3.09. The Morgan fingerprint density at radius 1 is 1.44 bits per heavy atom. The molecule has 1 aliphatic heterocycles. The molecule has 1 aromatic heterocycles. The fourth-order valence-corrected chi connectivity index (χ4v) is 1.82. The van der Waals surface area contributed by atoms with E-state index in [1.807, 2.05) is 0 Å². The number of aromatic amines is 1. The van der Waals surface area contributed by atoms with Crippen molar-refractivity contribution in [3.63, 3.8) is 0 Å². The second-order valence-corrected chi connectivity index (χ2v) is 4.44. The Balaban J connectivity index is 1.93. The molecule has 16 heavy (non-hydrogen) atoms. The summed E-state index contributed by atoms with van der Waals surface area (Å²) >= 11 is 0. The van der Waals surface area contributed by atoms with E-state index in [1.54, 1.807) is 4.90 Å². The molecule has 2 aliphatic rings. The first-order valence-electron chi connectivity index (χ1n) is 5.64. The molecule has 5 nitrogen and oxygen atoms in total. The lowest BCUT2D eigenvalue weighted by molar-refractivity contribution is 0.0645. The maximum Gasteiger partial charge on any atom is 0.272 e. The van der Waals surface area contributed by atoms with Gasteiger partial charge in [-0.25, -0.2) is 4.98 Å². The molecule has 2 fully saturated rings. The van der Waals surface area contributed by atoms with Gasteiger partial charge in [-0.1, -0.05) is 0 Å². The molecule has 1 saturated carbocycles. The molecule has 1 amide bonds. The van der Waals surface area contributed by atoms with Crippen molar-refractivity contribution in [1.29, 1.82) is 0 Å². The third-order valence-electron chi connectivity index (χ3n) is 3.09. The number of nitrogens with one attached hydrogen (secondary N) is 1. The summed E-state index contributed by atoms with van der Waals surface area (Å²) in [5.41, 5.74) is 0.0751. The largest absolute Gasteiger partial charge is 0.337 e. The minimum Gasteiger partial charge on any atom is -0.337 e. The summed E-state index contributed by atoms with van der Waals surface area (Å²) in [7, 11) is 0. The molecule has 1 aromatic rings. The van der Waals surface area contributed by atoms with Gasteiger partial charge in [0.2, 0.25) is 0 Å². The summed E-state index contributed by atoms with van der Waals surface area (Å²) < 4.78 is 0. The number of carbonyl (C=O) groups excluding carboxylic acids is 1. The molecule has 1 saturated heterocycles. The van der Waals surface area contributed by atoms with Crippen molar-refractivity contribution in [3.05, 3.63) is 27.9 Å². The van der Waals surface area contributed by atoms with Crippen molar-refractivity contribution in [2.45, 2.75) is 25.2 Å². The average Bonchev–Trinajstić information content (AvgIpc) is 2.96. The van der Waals surface area contributed by atoms with Crippen molar-refractivity contribution < 1.29 is 4.79 Å². The van der Waals surface area contributed by atoms with Crippen LogP contribution < -0.4 is 5.56 Å². The Morgan fingerprint density at radius 2 is 2.19 bits per heavy atom. The maximum atomic E-state index is 11.9. The molecule has 0 unspecified atom stereocenters. The molecule has 0 aromatic carbocycles. The van der Waals surface area contributed by atoms with Crippen LogP contribution in [0.15, 0.2) is 10.9 Å². The fraction of sp³-hybridized carbons (Fsp3) is 0.545. The van der Waals surface area contributed by atoms with Gasteiger partial charge in [0.15, 0.2) is 0 Å². The molecule has 0 spiro atoms. The molecule has 1 N–H and O–H groups in total. The van der Waals surface area contributed by atoms with Gasteiger partial charge in [0, 0.05) is 25.1 Å². The van der Waals surface area contributed by atoms with Gasteiger partial charge in [0.1, 0.15) is 11.5 Å². The summed E-state index contributed by atoms with van der Waals surface area (Å²) in [6.45, 7) is 1.57. The minimum absolute atomic E-state index is 0.112. The predicted molar refractivity (Wildman–Crippen MR) is 57.4 cm³/mol. The number of hydrogen-bond donors (Lipinski definition) is 1. The second-order valence-electron chi connectivity index (χ2n) is 4.44. The van der Waals surface area contributed by atoms with Crippen LogP contribution in [0.4, 0.5) is 0 Å². The van der Waals surface area contributed by atoms with E-state index < -0.39 is 0 Å². The highest BCUT2D eigenvalue weighted by atomic mass is 16.2. The molecule has 0 bridgehead atoms. The second kappa shape index (κ2) is 3.43. The van der Waals surface area contributed by atoms with E-state index in [0.717, 1.165) is 32.4 Å². The molecule has 3 rings (SSSR count). The summed E-state index contributed by atoms with van der Waals surface area (Å²) in [4.78, 5) is 32.0. The Bertz CT molecular complexity index is 486. The van der Waals surface area contributed by atoms with Gasteiger partial charge in [0.05, 0.1) is 0 Å². The van der Waals surface area contributed by atoms with Crippen LogP contribution >= 0.6 is 0 Å². The quantitative estimate of drug-likeness (QED) is 0.787. The Morgan fingerprint density at radius 3 is 2.75 bits per heavy atom. The highest BCUT2D eigenvalue weighted by Crippen LogP contribution is 2.37. The lowest BCUT2D eigenvalue weighted by atomic mass is 10.2. The number of likely N-dealkylation sites (tertiary alicyclic amines) is 1. The SMILES string of the molecule is O=C(c1cc(=O)[nH]c(C2CC2)n1)N1CCC1. The van der Waals surface area contributed by atoms with Gasteiger partial charge in [-0.2, -0.15) is 0 Å². The first-order chi connectivity index (χ1) is 7.74. The third kappa shape index (κ3) is 1.62. The summed E-state index contributed by atoms with van der Waals surface area (Å²) in [5.74, 6) is 0.924. The number of nitrogens with zero attached hydrogens (tertiary/aromatic N) is 2. The van der Waals surface area contributed by atoms with E-state index in [9.17, 15) is 9.59 Å². The van der Waals surface area contributed by atoms with Crippen molar-refractivity contribution in [1.82, 2.24) is 14.9 Å². The zero-order valence-electron chi connectivity index (χ0n) is 8.90.